The molecule has 2 aromatic carbocycles. The Bertz CT molecular complexity index is 557. The van der Waals surface area contributed by atoms with Gasteiger partial charge in [0.1, 0.15) is 11.6 Å². The van der Waals surface area contributed by atoms with Crippen LogP contribution in [-0.2, 0) is 6.42 Å². The molecule has 0 amide bonds. The van der Waals surface area contributed by atoms with Crippen molar-refractivity contribution in [3.8, 4) is 5.75 Å². The average molecular weight is 324 g/mol. The Labute approximate surface area is 120 Å². The van der Waals surface area contributed by atoms with Gasteiger partial charge in [-0.1, -0.05) is 24.3 Å². The number of methoxy groups -OCH3 is 1. The zero-order chi connectivity index (χ0) is 13.8. The summed E-state index contributed by atoms with van der Waals surface area (Å²) in [5.41, 5.74) is 8.00. The van der Waals surface area contributed by atoms with Gasteiger partial charge in [0, 0.05) is 6.04 Å². The summed E-state index contributed by atoms with van der Waals surface area (Å²) >= 11 is 3.24. The lowest BCUT2D eigenvalue weighted by Crippen LogP contribution is -2.14. The SMILES string of the molecule is COc1ccc(CC(N)c2cccc(F)c2Br)cc1. The van der Waals surface area contributed by atoms with Crippen LogP contribution in [-0.4, -0.2) is 7.11 Å². The first kappa shape index (κ1) is 14.0. The molecule has 0 saturated heterocycles. The maximum absolute atomic E-state index is 13.5. The molecule has 0 aromatic heterocycles. The Morgan fingerprint density at radius 2 is 1.89 bits per heavy atom. The summed E-state index contributed by atoms with van der Waals surface area (Å²) in [7, 11) is 1.63. The maximum Gasteiger partial charge on any atom is 0.137 e. The molecule has 19 heavy (non-hydrogen) atoms. The van der Waals surface area contributed by atoms with Gasteiger partial charge in [0.05, 0.1) is 11.6 Å². The Balaban J connectivity index is 2.15. The lowest BCUT2D eigenvalue weighted by molar-refractivity contribution is 0.414. The highest BCUT2D eigenvalue weighted by Gasteiger charge is 2.13. The highest BCUT2D eigenvalue weighted by molar-refractivity contribution is 9.10. The normalized spacial score (nSPS) is 12.2. The van der Waals surface area contributed by atoms with Gasteiger partial charge in [-0.05, 0) is 51.7 Å². The Morgan fingerprint density at radius 1 is 1.21 bits per heavy atom. The molecule has 0 spiro atoms. The van der Waals surface area contributed by atoms with Crippen LogP contribution in [0.15, 0.2) is 46.9 Å². The topological polar surface area (TPSA) is 35.2 Å². The molecule has 2 nitrogen and oxygen atoms in total. The van der Waals surface area contributed by atoms with Crippen molar-refractivity contribution in [2.45, 2.75) is 12.5 Å². The van der Waals surface area contributed by atoms with Crippen molar-refractivity contribution in [2.24, 2.45) is 5.73 Å². The number of hydrogen-bond acceptors (Lipinski definition) is 2. The van der Waals surface area contributed by atoms with E-state index in [0.717, 1.165) is 16.9 Å². The zero-order valence-corrected chi connectivity index (χ0v) is 12.2. The summed E-state index contributed by atoms with van der Waals surface area (Å²) in [6.45, 7) is 0. The van der Waals surface area contributed by atoms with Crippen LogP contribution in [0, 0.1) is 5.82 Å². The minimum Gasteiger partial charge on any atom is -0.497 e. The van der Waals surface area contributed by atoms with Crippen molar-refractivity contribution >= 4 is 15.9 Å². The lowest BCUT2D eigenvalue weighted by atomic mass is 9.99. The first-order valence-electron chi connectivity index (χ1n) is 5.94. The van der Waals surface area contributed by atoms with E-state index in [9.17, 15) is 4.39 Å². The molecule has 0 fully saturated rings. The summed E-state index contributed by atoms with van der Waals surface area (Å²) < 4.78 is 19.0. The Hall–Kier alpha value is -1.39. The largest absolute Gasteiger partial charge is 0.497 e. The predicted molar refractivity (Wildman–Crippen MR) is 77.7 cm³/mol. The highest BCUT2D eigenvalue weighted by Crippen LogP contribution is 2.27. The molecule has 0 heterocycles. The number of hydrogen-bond donors (Lipinski definition) is 1. The van der Waals surface area contributed by atoms with Crippen molar-refractivity contribution < 1.29 is 9.13 Å². The molecule has 1 unspecified atom stereocenters. The third-order valence-electron chi connectivity index (χ3n) is 3.00. The fourth-order valence-electron chi connectivity index (χ4n) is 1.93. The standard InChI is InChI=1S/C15H15BrFNO/c1-19-11-7-5-10(6-8-11)9-14(18)12-3-2-4-13(17)15(12)16/h2-8,14H,9,18H2,1H3. The van der Waals surface area contributed by atoms with Gasteiger partial charge in [-0.3, -0.25) is 0 Å². The molecule has 0 saturated carbocycles. The second kappa shape index (κ2) is 6.17. The fraction of sp³-hybridized carbons (Fsp3) is 0.200. The van der Waals surface area contributed by atoms with E-state index in [1.165, 1.54) is 6.07 Å². The summed E-state index contributed by atoms with van der Waals surface area (Å²) in [5, 5.41) is 0. The molecule has 1 atom stereocenters. The average Bonchev–Trinajstić information content (AvgIpc) is 2.42. The van der Waals surface area contributed by atoms with Crippen LogP contribution >= 0.6 is 15.9 Å². The van der Waals surface area contributed by atoms with E-state index in [1.54, 1.807) is 13.2 Å². The van der Waals surface area contributed by atoms with Crippen LogP contribution < -0.4 is 10.5 Å². The van der Waals surface area contributed by atoms with Gasteiger partial charge in [-0.15, -0.1) is 0 Å². The van der Waals surface area contributed by atoms with Gasteiger partial charge >= 0.3 is 0 Å². The smallest absolute Gasteiger partial charge is 0.137 e. The molecule has 4 heteroatoms. The third-order valence-corrected chi connectivity index (χ3v) is 3.83. The van der Waals surface area contributed by atoms with Crippen molar-refractivity contribution in [1.82, 2.24) is 0 Å². The first-order chi connectivity index (χ1) is 9.11. The second-order valence-corrected chi connectivity index (χ2v) is 5.09. The van der Waals surface area contributed by atoms with Crippen LogP contribution in [0.3, 0.4) is 0 Å². The molecule has 0 radical (unpaired) electrons. The molecule has 0 aliphatic carbocycles. The van der Waals surface area contributed by atoms with Crippen LogP contribution in [0.2, 0.25) is 0 Å². The van der Waals surface area contributed by atoms with Crippen LogP contribution in [0.5, 0.6) is 5.75 Å². The minimum absolute atomic E-state index is 0.251. The molecular weight excluding hydrogens is 309 g/mol. The first-order valence-corrected chi connectivity index (χ1v) is 6.73. The van der Waals surface area contributed by atoms with Crippen LogP contribution in [0.25, 0.3) is 0 Å². The zero-order valence-electron chi connectivity index (χ0n) is 10.6. The molecular formula is C15H15BrFNO. The molecule has 2 aromatic rings. The van der Waals surface area contributed by atoms with Gasteiger partial charge in [0.2, 0.25) is 0 Å². The molecule has 0 aliphatic heterocycles. The number of halogens is 2. The maximum atomic E-state index is 13.5. The van der Waals surface area contributed by atoms with E-state index in [1.807, 2.05) is 30.3 Å². The van der Waals surface area contributed by atoms with Gasteiger partial charge in [-0.2, -0.15) is 0 Å². The molecule has 0 aliphatic rings. The molecule has 0 bridgehead atoms. The summed E-state index contributed by atoms with van der Waals surface area (Å²) in [5.74, 6) is 0.520. The van der Waals surface area contributed by atoms with E-state index in [-0.39, 0.29) is 11.9 Å². The van der Waals surface area contributed by atoms with Crippen molar-refractivity contribution in [3.05, 3.63) is 63.9 Å². The quantitative estimate of drug-likeness (QED) is 0.927. The van der Waals surface area contributed by atoms with Crippen LogP contribution in [0.4, 0.5) is 4.39 Å². The fourth-order valence-corrected chi connectivity index (χ4v) is 2.49. The highest BCUT2D eigenvalue weighted by atomic mass is 79.9. The summed E-state index contributed by atoms with van der Waals surface area (Å²) in [4.78, 5) is 0. The number of rotatable bonds is 4. The number of nitrogens with two attached hydrogens (primary N) is 1. The van der Waals surface area contributed by atoms with Gasteiger partial charge in [0.15, 0.2) is 0 Å². The summed E-state index contributed by atoms with van der Waals surface area (Å²) in [6, 6.07) is 12.4. The summed E-state index contributed by atoms with van der Waals surface area (Å²) in [6.07, 6.45) is 0.645. The van der Waals surface area contributed by atoms with E-state index in [4.69, 9.17) is 10.5 Å². The van der Waals surface area contributed by atoms with Gasteiger partial charge in [0.25, 0.3) is 0 Å². The second-order valence-electron chi connectivity index (χ2n) is 4.30. The van der Waals surface area contributed by atoms with E-state index >= 15 is 0 Å². The van der Waals surface area contributed by atoms with E-state index in [0.29, 0.717) is 10.9 Å². The minimum atomic E-state index is -0.289. The van der Waals surface area contributed by atoms with Crippen LogP contribution in [0.1, 0.15) is 17.2 Å². The van der Waals surface area contributed by atoms with E-state index in [2.05, 4.69) is 15.9 Å². The van der Waals surface area contributed by atoms with E-state index < -0.39 is 0 Å². The van der Waals surface area contributed by atoms with Gasteiger partial charge in [-0.25, -0.2) is 4.39 Å². The molecule has 2 N–H and O–H groups in total. The predicted octanol–water partition coefficient (Wildman–Crippen LogP) is 3.84. The monoisotopic (exact) mass is 323 g/mol. The number of ether oxygens (including phenoxy) is 1. The van der Waals surface area contributed by atoms with Crippen molar-refractivity contribution in [1.29, 1.82) is 0 Å². The third kappa shape index (κ3) is 3.33. The lowest BCUT2D eigenvalue weighted by Gasteiger charge is -2.14. The van der Waals surface area contributed by atoms with Crippen molar-refractivity contribution in [2.75, 3.05) is 7.11 Å². The Morgan fingerprint density at radius 3 is 2.53 bits per heavy atom. The number of benzene rings is 2. The Kier molecular flexibility index (Phi) is 4.56. The molecule has 2 rings (SSSR count). The van der Waals surface area contributed by atoms with Crippen molar-refractivity contribution in [3.63, 3.8) is 0 Å². The molecule has 100 valence electrons. The van der Waals surface area contributed by atoms with Gasteiger partial charge < -0.3 is 10.5 Å².